The second-order valence-corrected chi connectivity index (χ2v) is 7.68. The van der Waals surface area contributed by atoms with Gasteiger partial charge in [0.2, 0.25) is 5.95 Å². The normalized spacial score (nSPS) is 11.2. The molecule has 0 aliphatic heterocycles. The summed E-state index contributed by atoms with van der Waals surface area (Å²) in [7, 11) is 3.37. The maximum atomic E-state index is 12.4. The fourth-order valence-electron chi connectivity index (χ4n) is 3.33. The zero-order chi connectivity index (χ0) is 22.1. The second-order valence-electron chi connectivity index (χ2n) is 7.68. The van der Waals surface area contributed by atoms with Crippen LogP contribution in [-0.2, 0) is 7.05 Å². The monoisotopic (exact) mass is 419 g/mol. The van der Waals surface area contributed by atoms with E-state index < -0.39 is 0 Å². The number of anilines is 2. The molecule has 0 spiro atoms. The van der Waals surface area contributed by atoms with Gasteiger partial charge in [-0.1, -0.05) is 6.07 Å². The van der Waals surface area contributed by atoms with Crippen molar-refractivity contribution in [2.75, 3.05) is 12.4 Å². The molecule has 31 heavy (non-hydrogen) atoms. The Hall–Kier alpha value is -3.88. The van der Waals surface area contributed by atoms with E-state index in [-0.39, 0.29) is 11.9 Å². The molecule has 9 heteroatoms. The number of nitrogens with one attached hydrogen (secondary N) is 3. The number of carbonyl (C=O) groups excluding carboxylic acids is 1. The van der Waals surface area contributed by atoms with Gasteiger partial charge in [-0.05, 0) is 50.6 Å². The van der Waals surface area contributed by atoms with Crippen LogP contribution in [0.15, 0.2) is 36.5 Å². The molecule has 0 atom stereocenters. The Balaban J connectivity index is 1.63. The van der Waals surface area contributed by atoms with E-state index in [1.54, 1.807) is 30.1 Å². The van der Waals surface area contributed by atoms with Crippen LogP contribution in [0.4, 0.5) is 11.6 Å². The van der Waals surface area contributed by atoms with Crippen molar-refractivity contribution in [3.05, 3.63) is 47.7 Å². The van der Waals surface area contributed by atoms with Crippen LogP contribution in [0.5, 0.6) is 5.75 Å². The molecule has 4 aromatic rings. The molecule has 0 unspecified atom stereocenters. The first-order valence-corrected chi connectivity index (χ1v) is 9.96. The molecule has 0 bridgehead atoms. The summed E-state index contributed by atoms with van der Waals surface area (Å²) < 4.78 is 7.12. The van der Waals surface area contributed by atoms with Crippen molar-refractivity contribution in [1.82, 2.24) is 30.3 Å². The predicted molar refractivity (Wildman–Crippen MR) is 120 cm³/mol. The van der Waals surface area contributed by atoms with Crippen LogP contribution in [0.1, 0.15) is 29.8 Å². The highest BCUT2D eigenvalue weighted by molar-refractivity contribution is 5.97. The first-order valence-electron chi connectivity index (χ1n) is 9.96. The van der Waals surface area contributed by atoms with Gasteiger partial charge in [-0.3, -0.25) is 9.89 Å². The number of aromatic amines is 1. The molecule has 160 valence electrons. The molecule has 0 fully saturated rings. The summed E-state index contributed by atoms with van der Waals surface area (Å²) in [6.45, 7) is 5.85. The van der Waals surface area contributed by atoms with Crippen LogP contribution in [0.2, 0.25) is 0 Å². The van der Waals surface area contributed by atoms with Crippen molar-refractivity contribution in [1.29, 1.82) is 0 Å². The standard InChI is InChI=1S/C22H25N7O2/c1-12(2)24-21(30)16-7-6-14(10-19(16)31-5)20-26-22(29(4)28-20)25-17-9-15-11-23-27-18(15)8-13(17)3/h6-12H,1-5H3,(H,23,27)(H,24,30)(H,25,26,28). The minimum atomic E-state index is -0.181. The predicted octanol–water partition coefficient (Wildman–Crippen LogP) is 3.56. The van der Waals surface area contributed by atoms with Crippen LogP contribution in [0.25, 0.3) is 22.3 Å². The number of aryl methyl sites for hydroxylation is 2. The van der Waals surface area contributed by atoms with E-state index in [2.05, 4.69) is 30.9 Å². The Morgan fingerprint density at radius 2 is 2.03 bits per heavy atom. The number of methoxy groups -OCH3 is 1. The van der Waals surface area contributed by atoms with Crippen molar-refractivity contribution < 1.29 is 9.53 Å². The lowest BCUT2D eigenvalue weighted by molar-refractivity contribution is 0.0940. The van der Waals surface area contributed by atoms with Crippen molar-refractivity contribution >= 4 is 28.4 Å². The molecule has 4 rings (SSSR count). The highest BCUT2D eigenvalue weighted by Gasteiger charge is 2.17. The van der Waals surface area contributed by atoms with Gasteiger partial charge in [0, 0.05) is 29.7 Å². The summed E-state index contributed by atoms with van der Waals surface area (Å²) in [5.74, 6) is 1.42. The Morgan fingerprint density at radius 1 is 1.23 bits per heavy atom. The molecule has 0 aliphatic carbocycles. The van der Waals surface area contributed by atoms with Crippen LogP contribution in [-0.4, -0.2) is 44.0 Å². The molecule has 9 nitrogen and oxygen atoms in total. The SMILES string of the molecule is COc1cc(-c2nc(Nc3cc4cn[nH]c4cc3C)n(C)n2)ccc1C(=O)NC(C)C. The number of ether oxygens (including phenoxy) is 1. The summed E-state index contributed by atoms with van der Waals surface area (Å²) >= 11 is 0. The average Bonchev–Trinajstić information content (AvgIpc) is 3.33. The Labute approximate surface area is 179 Å². The average molecular weight is 419 g/mol. The molecule has 3 N–H and O–H groups in total. The zero-order valence-corrected chi connectivity index (χ0v) is 18.1. The third kappa shape index (κ3) is 4.07. The molecular weight excluding hydrogens is 394 g/mol. The number of fused-ring (bicyclic) bond motifs is 1. The maximum Gasteiger partial charge on any atom is 0.255 e. The number of benzene rings is 2. The molecule has 0 saturated carbocycles. The van der Waals surface area contributed by atoms with Gasteiger partial charge in [0.05, 0.1) is 24.4 Å². The van der Waals surface area contributed by atoms with Crippen molar-refractivity contribution in [2.24, 2.45) is 7.05 Å². The minimum Gasteiger partial charge on any atom is -0.496 e. The van der Waals surface area contributed by atoms with E-state index in [0.717, 1.165) is 27.7 Å². The molecule has 2 heterocycles. The van der Waals surface area contributed by atoms with E-state index in [9.17, 15) is 4.79 Å². The van der Waals surface area contributed by atoms with Crippen molar-refractivity contribution in [2.45, 2.75) is 26.8 Å². The number of carbonyl (C=O) groups is 1. The Bertz CT molecular complexity index is 1260. The smallest absolute Gasteiger partial charge is 0.255 e. The van der Waals surface area contributed by atoms with E-state index in [0.29, 0.717) is 23.1 Å². The molecule has 2 aromatic heterocycles. The number of H-pyrrole nitrogens is 1. The van der Waals surface area contributed by atoms with Gasteiger partial charge in [-0.15, -0.1) is 5.10 Å². The summed E-state index contributed by atoms with van der Waals surface area (Å²) in [4.78, 5) is 17.1. The van der Waals surface area contributed by atoms with Gasteiger partial charge in [0.15, 0.2) is 5.82 Å². The van der Waals surface area contributed by atoms with Crippen molar-refractivity contribution in [3.8, 4) is 17.1 Å². The number of hydrogen-bond donors (Lipinski definition) is 3. The second kappa shape index (κ2) is 8.10. The Morgan fingerprint density at radius 3 is 2.77 bits per heavy atom. The lowest BCUT2D eigenvalue weighted by atomic mass is 10.1. The van der Waals surface area contributed by atoms with Gasteiger partial charge in [-0.2, -0.15) is 10.1 Å². The molecule has 1 amide bonds. The molecule has 2 aromatic carbocycles. The third-order valence-corrected chi connectivity index (χ3v) is 4.92. The first kappa shape index (κ1) is 20.4. The molecule has 0 saturated heterocycles. The number of aromatic nitrogens is 5. The topological polar surface area (TPSA) is 110 Å². The molecular formula is C22H25N7O2. The third-order valence-electron chi connectivity index (χ3n) is 4.92. The highest BCUT2D eigenvalue weighted by Crippen LogP contribution is 2.28. The highest BCUT2D eigenvalue weighted by atomic mass is 16.5. The van der Waals surface area contributed by atoms with Crippen LogP contribution in [0, 0.1) is 6.92 Å². The number of amides is 1. The summed E-state index contributed by atoms with van der Waals surface area (Å²) in [6.07, 6.45) is 1.78. The van der Waals surface area contributed by atoms with Gasteiger partial charge in [-0.25, -0.2) is 4.68 Å². The van der Waals surface area contributed by atoms with Crippen LogP contribution in [0.3, 0.4) is 0 Å². The Kier molecular flexibility index (Phi) is 5.33. The number of hydrogen-bond acceptors (Lipinski definition) is 6. The number of rotatable bonds is 6. The fraction of sp³-hybridized carbons (Fsp3) is 0.273. The van der Waals surface area contributed by atoms with E-state index in [1.807, 2.05) is 46.0 Å². The van der Waals surface area contributed by atoms with Crippen LogP contribution < -0.4 is 15.4 Å². The lowest BCUT2D eigenvalue weighted by Crippen LogP contribution is -2.30. The van der Waals surface area contributed by atoms with E-state index >= 15 is 0 Å². The molecule has 0 radical (unpaired) electrons. The largest absolute Gasteiger partial charge is 0.496 e. The summed E-state index contributed by atoms with van der Waals surface area (Å²) in [6, 6.07) is 9.41. The first-order chi connectivity index (χ1) is 14.9. The minimum absolute atomic E-state index is 0.0349. The zero-order valence-electron chi connectivity index (χ0n) is 18.1. The van der Waals surface area contributed by atoms with Gasteiger partial charge in [0.25, 0.3) is 5.91 Å². The fourth-order valence-corrected chi connectivity index (χ4v) is 3.33. The molecule has 0 aliphatic rings. The van der Waals surface area contributed by atoms with E-state index in [4.69, 9.17) is 4.74 Å². The van der Waals surface area contributed by atoms with Gasteiger partial charge in [0.1, 0.15) is 5.75 Å². The maximum absolute atomic E-state index is 12.4. The summed E-state index contributed by atoms with van der Waals surface area (Å²) in [5, 5.41) is 18.8. The lowest BCUT2D eigenvalue weighted by Gasteiger charge is -2.12. The summed E-state index contributed by atoms with van der Waals surface area (Å²) in [5.41, 5.74) is 4.19. The van der Waals surface area contributed by atoms with Crippen LogP contribution >= 0.6 is 0 Å². The van der Waals surface area contributed by atoms with E-state index in [1.165, 1.54) is 0 Å². The quantitative estimate of drug-likeness (QED) is 0.441. The van der Waals surface area contributed by atoms with Gasteiger partial charge >= 0.3 is 0 Å². The van der Waals surface area contributed by atoms with Crippen molar-refractivity contribution in [3.63, 3.8) is 0 Å². The number of nitrogens with zero attached hydrogens (tertiary/aromatic N) is 4. The van der Waals surface area contributed by atoms with Gasteiger partial charge < -0.3 is 15.4 Å².